The van der Waals surface area contributed by atoms with E-state index in [0.717, 1.165) is 30.4 Å². The minimum atomic E-state index is -0.267. The number of hydrogen-bond acceptors (Lipinski definition) is 3. The Hall–Kier alpha value is -2.41. The molecule has 0 aromatic heterocycles. The van der Waals surface area contributed by atoms with Gasteiger partial charge in [0.2, 0.25) is 6.41 Å². The highest BCUT2D eigenvalue weighted by Gasteiger charge is 2.21. The van der Waals surface area contributed by atoms with Gasteiger partial charge in [-0.2, -0.15) is 5.26 Å². The van der Waals surface area contributed by atoms with E-state index in [1.807, 2.05) is 19.1 Å². The van der Waals surface area contributed by atoms with Crippen LogP contribution in [-0.4, -0.2) is 23.8 Å². The van der Waals surface area contributed by atoms with Gasteiger partial charge in [0.15, 0.2) is 0 Å². The van der Waals surface area contributed by atoms with Gasteiger partial charge in [0.1, 0.15) is 0 Å². The van der Waals surface area contributed by atoms with Crippen molar-refractivity contribution in [1.82, 2.24) is 4.90 Å². The van der Waals surface area contributed by atoms with Crippen LogP contribution < -0.4 is 0 Å². The number of imide groups is 1. The summed E-state index contributed by atoms with van der Waals surface area (Å²) in [6.07, 6.45) is 5.93. The van der Waals surface area contributed by atoms with Crippen molar-refractivity contribution in [1.29, 1.82) is 5.26 Å². The van der Waals surface area contributed by atoms with E-state index in [1.54, 1.807) is 12.1 Å². The fourth-order valence-corrected chi connectivity index (χ4v) is 2.86. The molecule has 0 spiro atoms. The number of rotatable bonds is 5. The molecule has 0 saturated heterocycles. The Labute approximate surface area is 131 Å². The summed E-state index contributed by atoms with van der Waals surface area (Å²) in [6.45, 7) is 2.18. The molecule has 1 atom stereocenters. The zero-order valence-corrected chi connectivity index (χ0v) is 12.8. The predicted molar refractivity (Wildman–Crippen MR) is 83.9 cm³/mol. The van der Waals surface area contributed by atoms with Gasteiger partial charge in [0.25, 0.3) is 5.91 Å². The zero-order valence-electron chi connectivity index (χ0n) is 12.8. The first-order valence-electron chi connectivity index (χ1n) is 7.52. The molecule has 2 rings (SSSR count). The van der Waals surface area contributed by atoms with Crippen LogP contribution in [0.5, 0.6) is 0 Å². The molecule has 4 heteroatoms. The van der Waals surface area contributed by atoms with E-state index < -0.39 is 0 Å². The van der Waals surface area contributed by atoms with Crippen LogP contribution >= 0.6 is 0 Å². The summed E-state index contributed by atoms with van der Waals surface area (Å²) in [5, 5.41) is 8.81. The Morgan fingerprint density at radius 3 is 2.91 bits per heavy atom. The van der Waals surface area contributed by atoms with Gasteiger partial charge < -0.3 is 0 Å². The maximum atomic E-state index is 12.5. The molecule has 1 unspecified atom stereocenters. The summed E-state index contributed by atoms with van der Waals surface area (Å²) in [7, 11) is 0. The van der Waals surface area contributed by atoms with E-state index in [-0.39, 0.29) is 5.91 Å². The molecule has 0 heterocycles. The molecule has 1 aromatic carbocycles. The third-order valence-corrected chi connectivity index (χ3v) is 4.08. The van der Waals surface area contributed by atoms with Crippen molar-refractivity contribution in [2.24, 2.45) is 5.92 Å². The fourth-order valence-electron chi connectivity index (χ4n) is 2.86. The fraction of sp³-hybridized carbons (Fsp3) is 0.389. The van der Waals surface area contributed by atoms with Gasteiger partial charge in [-0.1, -0.05) is 29.8 Å². The van der Waals surface area contributed by atoms with Crippen molar-refractivity contribution < 1.29 is 9.59 Å². The molecule has 0 fully saturated rings. The van der Waals surface area contributed by atoms with Crippen molar-refractivity contribution >= 4 is 12.3 Å². The third kappa shape index (κ3) is 3.82. The van der Waals surface area contributed by atoms with E-state index >= 15 is 0 Å². The average molecular weight is 296 g/mol. The molecule has 0 radical (unpaired) electrons. The normalized spacial score (nSPS) is 17.3. The van der Waals surface area contributed by atoms with Crippen molar-refractivity contribution in [3.05, 3.63) is 47.0 Å². The highest BCUT2D eigenvalue weighted by molar-refractivity contribution is 6.01. The Bertz CT molecular complexity index is 628. The van der Waals surface area contributed by atoms with Crippen molar-refractivity contribution in [2.45, 2.75) is 32.6 Å². The molecule has 1 aromatic rings. The van der Waals surface area contributed by atoms with Crippen LogP contribution in [-0.2, 0) is 4.79 Å². The highest BCUT2D eigenvalue weighted by atomic mass is 16.2. The summed E-state index contributed by atoms with van der Waals surface area (Å²) in [5.74, 6) is 0.0727. The second-order valence-corrected chi connectivity index (χ2v) is 5.73. The molecular formula is C18H20N2O2. The van der Waals surface area contributed by atoms with Crippen molar-refractivity contribution in [3.63, 3.8) is 0 Å². The van der Waals surface area contributed by atoms with Gasteiger partial charge in [-0.05, 0) is 43.7 Å². The molecule has 0 aliphatic heterocycles. The lowest BCUT2D eigenvalue weighted by Gasteiger charge is -2.24. The maximum Gasteiger partial charge on any atom is 0.260 e. The van der Waals surface area contributed by atoms with E-state index in [1.165, 1.54) is 4.90 Å². The van der Waals surface area contributed by atoms with Crippen LogP contribution in [0.4, 0.5) is 0 Å². The average Bonchev–Trinajstić information content (AvgIpc) is 2.53. The van der Waals surface area contributed by atoms with Gasteiger partial charge in [0, 0.05) is 18.5 Å². The topological polar surface area (TPSA) is 61.2 Å². The van der Waals surface area contributed by atoms with Crippen LogP contribution in [0.1, 0.15) is 41.6 Å². The largest absolute Gasteiger partial charge is 0.278 e. The smallest absolute Gasteiger partial charge is 0.260 e. The number of amides is 2. The molecule has 2 amide bonds. The van der Waals surface area contributed by atoms with Crippen LogP contribution in [0.15, 0.2) is 35.9 Å². The molecule has 22 heavy (non-hydrogen) atoms. The molecule has 0 bridgehead atoms. The number of nitriles is 1. The predicted octanol–water partition coefficient (Wildman–Crippen LogP) is 3.23. The molecule has 0 saturated carbocycles. The van der Waals surface area contributed by atoms with E-state index in [0.29, 0.717) is 30.9 Å². The van der Waals surface area contributed by atoms with Gasteiger partial charge in [0.05, 0.1) is 6.07 Å². The standard InChI is InChI=1S/C18H20N2O2/c1-14-5-2-3-8-17(14)18(22)20(13-21)12-16-7-4-6-15(11-16)9-10-19/h2-3,5,7-8,13,15H,4,6,9,11-12H2,1H3. The molecule has 1 aliphatic rings. The number of benzene rings is 1. The van der Waals surface area contributed by atoms with Gasteiger partial charge in [-0.3, -0.25) is 14.5 Å². The van der Waals surface area contributed by atoms with E-state index in [2.05, 4.69) is 12.1 Å². The summed E-state index contributed by atoms with van der Waals surface area (Å²) < 4.78 is 0. The van der Waals surface area contributed by atoms with E-state index in [9.17, 15) is 9.59 Å². The van der Waals surface area contributed by atoms with E-state index in [4.69, 9.17) is 5.26 Å². The monoisotopic (exact) mass is 296 g/mol. The summed E-state index contributed by atoms with van der Waals surface area (Å²) >= 11 is 0. The molecule has 1 aliphatic carbocycles. The van der Waals surface area contributed by atoms with Gasteiger partial charge >= 0.3 is 0 Å². The Morgan fingerprint density at radius 1 is 1.45 bits per heavy atom. The number of hydrogen-bond donors (Lipinski definition) is 0. The minimum Gasteiger partial charge on any atom is -0.278 e. The maximum absolute atomic E-state index is 12.5. The Kier molecular flexibility index (Phi) is 5.48. The van der Waals surface area contributed by atoms with Crippen LogP contribution in [0.3, 0.4) is 0 Å². The van der Waals surface area contributed by atoms with Gasteiger partial charge in [-0.15, -0.1) is 0 Å². The number of nitrogens with zero attached hydrogens (tertiary/aromatic N) is 2. The first-order chi connectivity index (χ1) is 10.7. The number of allylic oxidation sites excluding steroid dienone is 1. The summed E-state index contributed by atoms with van der Waals surface area (Å²) in [6, 6.07) is 9.47. The molecule has 4 nitrogen and oxygen atoms in total. The third-order valence-electron chi connectivity index (χ3n) is 4.08. The number of carbonyl (C=O) groups excluding carboxylic acids is 2. The summed E-state index contributed by atoms with van der Waals surface area (Å²) in [5.41, 5.74) is 2.49. The minimum absolute atomic E-state index is 0.267. The summed E-state index contributed by atoms with van der Waals surface area (Å²) in [4.78, 5) is 25.1. The Morgan fingerprint density at radius 2 is 2.23 bits per heavy atom. The lowest BCUT2D eigenvalue weighted by atomic mass is 9.87. The van der Waals surface area contributed by atoms with Crippen LogP contribution in [0.2, 0.25) is 0 Å². The Balaban J connectivity index is 2.08. The highest BCUT2D eigenvalue weighted by Crippen LogP contribution is 2.27. The molecule has 0 N–H and O–H groups in total. The van der Waals surface area contributed by atoms with Gasteiger partial charge in [-0.25, -0.2) is 0 Å². The van der Waals surface area contributed by atoms with Crippen LogP contribution in [0.25, 0.3) is 0 Å². The van der Waals surface area contributed by atoms with Crippen LogP contribution in [0, 0.1) is 24.2 Å². The number of carbonyl (C=O) groups is 2. The number of aryl methyl sites for hydroxylation is 1. The quantitative estimate of drug-likeness (QED) is 0.619. The SMILES string of the molecule is Cc1ccccc1C(=O)N(C=O)CC1=CCCC(CC#N)C1. The lowest BCUT2D eigenvalue weighted by Crippen LogP contribution is -2.32. The first kappa shape index (κ1) is 16.0. The van der Waals surface area contributed by atoms with Crippen molar-refractivity contribution in [2.75, 3.05) is 6.54 Å². The van der Waals surface area contributed by atoms with Crippen molar-refractivity contribution in [3.8, 4) is 6.07 Å². The second kappa shape index (κ2) is 7.56. The molecular weight excluding hydrogens is 276 g/mol. The first-order valence-corrected chi connectivity index (χ1v) is 7.52. The molecule has 114 valence electrons. The zero-order chi connectivity index (χ0) is 15.9. The lowest BCUT2D eigenvalue weighted by molar-refractivity contribution is -0.115. The second-order valence-electron chi connectivity index (χ2n) is 5.73.